The Morgan fingerprint density at radius 3 is 2.65 bits per heavy atom. The predicted molar refractivity (Wildman–Crippen MR) is 82.1 cm³/mol. The maximum absolute atomic E-state index is 12.0. The Morgan fingerprint density at radius 2 is 1.95 bits per heavy atom. The summed E-state index contributed by atoms with van der Waals surface area (Å²) in [6.45, 7) is 4.17. The van der Waals surface area contributed by atoms with E-state index in [9.17, 15) is 4.79 Å². The molecule has 2 aromatic rings. The topological polar surface area (TPSA) is 52.3 Å². The van der Waals surface area contributed by atoms with Crippen molar-refractivity contribution in [1.82, 2.24) is 0 Å². The third-order valence-electron chi connectivity index (χ3n) is 2.85. The van der Waals surface area contributed by atoms with Crippen LogP contribution in [0.5, 0.6) is 0 Å². The minimum Gasteiger partial charge on any atom is -0.462 e. The number of rotatable bonds is 4. The standard InChI is InChI=1S/C16H17NO2S/c1-3-19-16(18)12-8-6-9-13(17)15(12)20-14-10-5-4-7-11(14)2/h4-10H,3,17H2,1-2H3. The van der Waals surface area contributed by atoms with Gasteiger partial charge in [-0.15, -0.1) is 0 Å². The number of carbonyl (C=O) groups is 1. The monoisotopic (exact) mass is 287 g/mol. The first-order chi connectivity index (χ1) is 9.63. The molecule has 104 valence electrons. The molecule has 0 aromatic heterocycles. The average Bonchev–Trinajstić information content (AvgIpc) is 2.43. The second kappa shape index (κ2) is 6.48. The highest BCUT2D eigenvalue weighted by Gasteiger charge is 2.16. The molecule has 0 bridgehead atoms. The number of anilines is 1. The Balaban J connectivity index is 2.40. The molecule has 0 aliphatic rings. The Kier molecular flexibility index (Phi) is 4.69. The molecule has 0 amide bonds. The van der Waals surface area contributed by atoms with Crippen molar-refractivity contribution in [2.24, 2.45) is 0 Å². The van der Waals surface area contributed by atoms with Gasteiger partial charge in [-0.3, -0.25) is 0 Å². The second-order valence-electron chi connectivity index (χ2n) is 4.31. The van der Waals surface area contributed by atoms with Gasteiger partial charge in [-0.2, -0.15) is 0 Å². The van der Waals surface area contributed by atoms with Crippen molar-refractivity contribution in [3.05, 3.63) is 53.6 Å². The molecule has 3 nitrogen and oxygen atoms in total. The molecule has 2 N–H and O–H groups in total. The number of nitrogens with two attached hydrogens (primary N) is 1. The Labute approximate surface area is 123 Å². The first-order valence-corrected chi connectivity index (χ1v) is 7.24. The van der Waals surface area contributed by atoms with Crippen molar-refractivity contribution in [2.75, 3.05) is 12.3 Å². The first kappa shape index (κ1) is 14.5. The number of aryl methyl sites for hydroxylation is 1. The van der Waals surface area contributed by atoms with E-state index in [0.717, 1.165) is 15.4 Å². The maximum Gasteiger partial charge on any atom is 0.339 e. The van der Waals surface area contributed by atoms with Gasteiger partial charge in [0.2, 0.25) is 0 Å². The van der Waals surface area contributed by atoms with E-state index in [1.54, 1.807) is 25.1 Å². The van der Waals surface area contributed by atoms with Crippen LogP contribution >= 0.6 is 11.8 Å². The van der Waals surface area contributed by atoms with E-state index in [1.165, 1.54) is 11.8 Å². The highest BCUT2D eigenvalue weighted by Crippen LogP contribution is 2.36. The molecule has 0 fully saturated rings. The van der Waals surface area contributed by atoms with Crippen LogP contribution in [0.15, 0.2) is 52.3 Å². The molecule has 0 atom stereocenters. The maximum atomic E-state index is 12.0. The molecule has 0 radical (unpaired) electrons. The van der Waals surface area contributed by atoms with Crippen molar-refractivity contribution in [1.29, 1.82) is 0 Å². The van der Waals surface area contributed by atoms with Gasteiger partial charge < -0.3 is 10.5 Å². The van der Waals surface area contributed by atoms with Gasteiger partial charge in [0.1, 0.15) is 0 Å². The number of hydrogen-bond acceptors (Lipinski definition) is 4. The fourth-order valence-electron chi connectivity index (χ4n) is 1.82. The van der Waals surface area contributed by atoms with Crippen molar-refractivity contribution in [2.45, 2.75) is 23.6 Å². The molecular weight excluding hydrogens is 270 g/mol. The molecule has 0 saturated carbocycles. The molecular formula is C16H17NO2S. The highest BCUT2D eigenvalue weighted by atomic mass is 32.2. The van der Waals surface area contributed by atoms with E-state index in [0.29, 0.717) is 17.9 Å². The van der Waals surface area contributed by atoms with Crippen LogP contribution in [0.3, 0.4) is 0 Å². The molecule has 0 spiro atoms. The third-order valence-corrected chi connectivity index (χ3v) is 4.18. The van der Waals surface area contributed by atoms with Gasteiger partial charge in [-0.25, -0.2) is 4.79 Å². The zero-order chi connectivity index (χ0) is 14.5. The molecule has 0 unspecified atom stereocenters. The number of ether oxygens (including phenoxy) is 1. The Hall–Kier alpha value is -1.94. The Bertz CT molecular complexity index is 626. The summed E-state index contributed by atoms with van der Waals surface area (Å²) in [4.78, 5) is 13.8. The van der Waals surface area contributed by atoms with Crippen LogP contribution in [-0.2, 0) is 4.74 Å². The summed E-state index contributed by atoms with van der Waals surface area (Å²) in [5.74, 6) is -0.337. The van der Waals surface area contributed by atoms with Crippen LogP contribution in [0.25, 0.3) is 0 Å². The van der Waals surface area contributed by atoms with Crippen LogP contribution in [0.2, 0.25) is 0 Å². The van der Waals surface area contributed by atoms with Crippen LogP contribution in [0, 0.1) is 6.92 Å². The fourth-order valence-corrected chi connectivity index (χ4v) is 2.86. The van der Waals surface area contributed by atoms with Gasteiger partial charge in [-0.1, -0.05) is 36.0 Å². The predicted octanol–water partition coefficient (Wildman–Crippen LogP) is 3.91. The third kappa shape index (κ3) is 3.14. The molecule has 2 aromatic carbocycles. The molecule has 2 rings (SSSR count). The normalized spacial score (nSPS) is 10.3. The van der Waals surface area contributed by atoms with Crippen molar-refractivity contribution < 1.29 is 9.53 Å². The van der Waals surface area contributed by atoms with E-state index in [1.807, 2.05) is 31.2 Å². The van der Waals surface area contributed by atoms with Gasteiger partial charge in [0.15, 0.2) is 0 Å². The van der Waals surface area contributed by atoms with Crippen LogP contribution < -0.4 is 5.73 Å². The molecule has 0 aliphatic carbocycles. The lowest BCUT2D eigenvalue weighted by Gasteiger charge is -2.12. The summed E-state index contributed by atoms with van der Waals surface area (Å²) in [6.07, 6.45) is 0. The van der Waals surface area contributed by atoms with E-state index in [2.05, 4.69) is 0 Å². The quantitative estimate of drug-likeness (QED) is 0.684. The molecule has 0 saturated heterocycles. The minimum atomic E-state index is -0.337. The minimum absolute atomic E-state index is 0.337. The summed E-state index contributed by atoms with van der Waals surface area (Å²) in [5.41, 5.74) is 8.27. The van der Waals surface area contributed by atoms with Crippen molar-refractivity contribution in [3.63, 3.8) is 0 Å². The zero-order valence-electron chi connectivity index (χ0n) is 11.6. The lowest BCUT2D eigenvalue weighted by molar-refractivity contribution is 0.0522. The first-order valence-electron chi connectivity index (χ1n) is 6.42. The second-order valence-corrected chi connectivity index (χ2v) is 5.36. The number of carbonyl (C=O) groups excluding carboxylic acids is 1. The van der Waals surface area contributed by atoms with E-state index in [-0.39, 0.29) is 5.97 Å². The van der Waals surface area contributed by atoms with Crippen molar-refractivity contribution >= 4 is 23.4 Å². The average molecular weight is 287 g/mol. The lowest BCUT2D eigenvalue weighted by atomic mass is 10.2. The fraction of sp³-hybridized carbons (Fsp3) is 0.188. The largest absolute Gasteiger partial charge is 0.462 e. The van der Waals surface area contributed by atoms with Gasteiger partial charge >= 0.3 is 5.97 Å². The number of esters is 1. The van der Waals surface area contributed by atoms with Crippen LogP contribution in [-0.4, -0.2) is 12.6 Å². The summed E-state index contributed by atoms with van der Waals surface area (Å²) in [6, 6.07) is 13.3. The number of hydrogen-bond donors (Lipinski definition) is 1. The smallest absolute Gasteiger partial charge is 0.339 e. The summed E-state index contributed by atoms with van der Waals surface area (Å²) in [7, 11) is 0. The van der Waals surface area contributed by atoms with E-state index in [4.69, 9.17) is 10.5 Å². The van der Waals surface area contributed by atoms with Crippen molar-refractivity contribution in [3.8, 4) is 0 Å². The zero-order valence-corrected chi connectivity index (χ0v) is 12.4. The van der Waals surface area contributed by atoms with E-state index >= 15 is 0 Å². The number of benzene rings is 2. The highest BCUT2D eigenvalue weighted by molar-refractivity contribution is 7.99. The molecule has 20 heavy (non-hydrogen) atoms. The summed E-state index contributed by atoms with van der Waals surface area (Å²) >= 11 is 1.50. The van der Waals surface area contributed by atoms with E-state index < -0.39 is 0 Å². The summed E-state index contributed by atoms with van der Waals surface area (Å²) in [5, 5.41) is 0. The summed E-state index contributed by atoms with van der Waals surface area (Å²) < 4.78 is 5.08. The van der Waals surface area contributed by atoms with Gasteiger partial charge in [-0.05, 0) is 37.6 Å². The van der Waals surface area contributed by atoms with Gasteiger partial charge in [0.25, 0.3) is 0 Å². The molecule has 0 aliphatic heterocycles. The number of nitrogen functional groups attached to an aromatic ring is 1. The SMILES string of the molecule is CCOC(=O)c1cccc(N)c1Sc1ccccc1C. The Morgan fingerprint density at radius 1 is 1.20 bits per heavy atom. The molecule has 4 heteroatoms. The van der Waals surface area contributed by atoms with Crippen LogP contribution in [0.1, 0.15) is 22.8 Å². The van der Waals surface area contributed by atoms with Gasteiger partial charge in [0.05, 0.1) is 12.2 Å². The van der Waals surface area contributed by atoms with Gasteiger partial charge in [0, 0.05) is 15.5 Å². The molecule has 0 heterocycles. The lowest BCUT2D eigenvalue weighted by Crippen LogP contribution is -2.07. The van der Waals surface area contributed by atoms with Crippen LogP contribution in [0.4, 0.5) is 5.69 Å².